The van der Waals surface area contributed by atoms with Gasteiger partial charge in [-0.15, -0.1) is 0 Å². The Morgan fingerprint density at radius 3 is 2.62 bits per heavy atom. The third-order valence-corrected chi connectivity index (χ3v) is 5.13. The Morgan fingerprint density at radius 1 is 1.12 bits per heavy atom. The summed E-state index contributed by atoms with van der Waals surface area (Å²) >= 11 is 0. The van der Waals surface area contributed by atoms with Gasteiger partial charge in [0.05, 0.1) is 11.6 Å². The zero-order valence-corrected chi connectivity index (χ0v) is 14.7. The molecule has 2 aliphatic rings. The average Bonchev–Trinajstić information content (AvgIpc) is 3.36. The van der Waals surface area contributed by atoms with Crippen LogP contribution in [0.15, 0.2) is 42.5 Å². The molecule has 2 aromatic rings. The van der Waals surface area contributed by atoms with Crippen molar-refractivity contribution in [2.45, 2.75) is 44.7 Å². The normalized spacial score (nSPS) is 18.3. The number of halogens is 1. The van der Waals surface area contributed by atoms with E-state index in [1.165, 1.54) is 36.2 Å². The molecule has 0 aromatic heterocycles. The Morgan fingerprint density at radius 2 is 1.88 bits per heavy atom. The number of rotatable bonds is 4. The van der Waals surface area contributed by atoms with Gasteiger partial charge in [-0.1, -0.05) is 24.3 Å². The number of hydrogen-bond acceptors (Lipinski definition) is 2. The number of nitrogens with one attached hydrogen (secondary N) is 1. The number of anilines is 1. The lowest BCUT2D eigenvalue weighted by Gasteiger charge is -2.30. The fourth-order valence-electron chi connectivity index (χ4n) is 3.85. The summed E-state index contributed by atoms with van der Waals surface area (Å²) < 4.78 is 14.4. The minimum absolute atomic E-state index is 0.00461. The maximum atomic E-state index is 14.4. The minimum atomic E-state index is -0.555. The van der Waals surface area contributed by atoms with Crippen LogP contribution < -0.4 is 5.32 Å². The van der Waals surface area contributed by atoms with E-state index < -0.39 is 5.82 Å². The van der Waals surface area contributed by atoms with E-state index in [1.54, 1.807) is 0 Å². The Hall–Kier alpha value is -2.69. The van der Waals surface area contributed by atoms with Crippen LogP contribution in [0.2, 0.25) is 0 Å². The molecular formula is C21H21FN2O2. The third kappa shape index (κ3) is 3.09. The van der Waals surface area contributed by atoms with E-state index in [2.05, 4.69) is 17.4 Å². The monoisotopic (exact) mass is 352 g/mol. The van der Waals surface area contributed by atoms with Gasteiger partial charge < -0.3 is 10.2 Å². The van der Waals surface area contributed by atoms with Crippen LogP contribution in [-0.2, 0) is 11.2 Å². The summed E-state index contributed by atoms with van der Waals surface area (Å²) in [6.07, 6.45) is 3.72. The van der Waals surface area contributed by atoms with E-state index in [4.69, 9.17) is 0 Å². The summed E-state index contributed by atoms with van der Waals surface area (Å²) in [5.41, 5.74) is 2.90. The molecule has 2 aliphatic carbocycles. The quantitative estimate of drug-likeness (QED) is 0.901. The van der Waals surface area contributed by atoms with Crippen molar-refractivity contribution in [3.63, 3.8) is 0 Å². The van der Waals surface area contributed by atoms with Gasteiger partial charge in [-0.2, -0.15) is 0 Å². The molecule has 2 aromatic carbocycles. The van der Waals surface area contributed by atoms with Crippen LogP contribution in [-0.4, -0.2) is 22.8 Å². The molecule has 0 heterocycles. The molecule has 0 saturated heterocycles. The number of carbonyl (C=O) groups is 2. The molecule has 1 saturated carbocycles. The van der Waals surface area contributed by atoms with Crippen LogP contribution in [0.3, 0.4) is 0 Å². The van der Waals surface area contributed by atoms with Crippen LogP contribution in [0, 0.1) is 5.82 Å². The predicted octanol–water partition coefficient (Wildman–Crippen LogP) is 4.08. The van der Waals surface area contributed by atoms with Crippen molar-refractivity contribution < 1.29 is 14.0 Å². The van der Waals surface area contributed by atoms with Gasteiger partial charge in [0.15, 0.2) is 0 Å². The first-order valence-electron chi connectivity index (χ1n) is 9.02. The summed E-state index contributed by atoms with van der Waals surface area (Å²) in [4.78, 5) is 26.4. The molecule has 0 spiro atoms. The lowest BCUT2D eigenvalue weighted by molar-refractivity contribution is -0.114. The number of benzene rings is 2. The molecule has 0 bridgehead atoms. The first-order chi connectivity index (χ1) is 12.5. The van der Waals surface area contributed by atoms with E-state index in [1.807, 2.05) is 17.0 Å². The summed E-state index contributed by atoms with van der Waals surface area (Å²) in [5, 5.41) is 2.62. The van der Waals surface area contributed by atoms with Gasteiger partial charge in [0, 0.05) is 18.7 Å². The van der Waals surface area contributed by atoms with Crippen molar-refractivity contribution in [3.8, 4) is 0 Å². The van der Waals surface area contributed by atoms with Crippen LogP contribution >= 0.6 is 0 Å². The predicted molar refractivity (Wildman–Crippen MR) is 97.4 cm³/mol. The second-order valence-electron chi connectivity index (χ2n) is 7.07. The number of hydrogen-bond donors (Lipinski definition) is 1. The lowest BCUT2D eigenvalue weighted by atomic mass is 10.0. The van der Waals surface area contributed by atoms with Crippen LogP contribution in [0.25, 0.3) is 0 Å². The second kappa shape index (κ2) is 6.56. The van der Waals surface area contributed by atoms with Gasteiger partial charge >= 0.3 is 0 Å². The van der Waals surface area contributed by atoms with Gasteiger partial charge in [0.25, 0.3) is 5.91 Å². The minimum Gasteiger partial charge on any atom is -0.329 e. The Labute approximate surface area is 152 Å². The Kier molecular flexibility index (Phi) is 4.23. The molecule has 4 nitrogen and oxygen atoms in total. The third-order valence-electron chi connectivity index (χ3n) is 5.13. The van der Waals surface area contributed by atoms with Gasteiger partial charge in [0.2, 0.25) is 5.91 Å². The molecule has 2 amide bonds. The van der Waals surface area contributed by atoms with Crippen LogP contribution in [0.5, 0.6) is 0 Å². The highest BCUT2D eigenvalue weighted by atomic mass is 19.1. The molecule has 1 unspecified atom stereocenters. The molecule has 134 valence electrons. The van der Waals surface area contributed by atoms with Crippen molar-refractivity contribution >= 4 is 17.5 Å². The number of fused-ring (bicyclic) bond motifs is 1. The van der Waals surface area contributed by atoms with Crippen LogP contribution in [0.1, 0.15) is 53.7 Å². The Bertz CT molecular complexity index is 876. The molecule has 0 aliphatic heterocycles. The smallest absolute Gasteiger partial charge is 0.257 e. The standard InChI is InChI=1S/C21H21FN2O2/c1-13(25)23-15-7-10-19(22)18(12-15)21(26)24(16-8-9-16)20-11-6-14-4-2-3-5-17(14)20/h2-5,7,10,12,16,20H,6,8-9,11H2,1H3,(H,23,25). The number of nitrogens with zero attached hydrogens (tertiary/aromatic N) is 1. The highest BCUT2D eigenvalue weighted by Gasteiger charge is 2.41. The zero-order chi connectivity index (χ0) is 18.3. The number of carbonyl (C=O) groups excluding carboxylic acids is 2. The van der Waals surface area contributed by atoms with Crippen molar-refractivity contribution in [1.82, 2.24) is 4.90 Å². The van der Waals surface area contributed by atoms with E-state index in [0.717, 1.165) is 25.7 Å². The second-order valence-corrected chi connectivity index (χ2v) is 7.07. The van der Waals surface area contributed by atoms with Gasteiger partial charge in [-0.05, 0) is 55.0 Å². The maximum Gasteiger partial charge on any atom is 0.257 e. The Balaban J connectivity index is 1.68. The van der Waals surface area contributed by atoms with Gasteiger partial charge in [-0.3, -0.25) is 9.59 Å². The summed E-state index contributed by atoms with van der Waals surface area (Å²) in [7, 11) is 0. The van der Waals surface area contributed by atoms with Crippen molar-refractivity contribution in [3.05, 3.63) is 65.0 Å². The lowest BCUT2D eigenvalue weighted by Crippen LogP contribution is -2.36. The van der Waals surface area contributed by atoms with Crippen molar-refractivity contribution in [2.75, 3.05) is 5.32 Å². The SMILES string of the molecule is CC(=O)Nc1ccc(F)c(C(=O)N(C2CC2)C2CCc3ccccc32)c1. The molecule has 5 heteroatoms. The number of aryl methyl sites for hydroxylation is 1. The first kappa shape index (κ1) is 16.8. The topological polar surface area (TPSA) is 49.4 Å². The van der Waals surface area contributed by atoms with E-state index in [9.17, 15) is 14.0 Å². The van der Waals surface area contributed by atoms with E-state index in [-0.39, 0.29) is 29.5 Å². The van der Waals surface area contributed by atoms with Crippen molar-refractivity contribution in [2.24, 2.45) is 0 Å². The fourth-order valence-corrected chi connectivity index (χ4v) is 3.85. The van der Waals surface area contributed by atoms with E-state index in [0.29, 0.717) is 5.69 Å². The fraction of sp³-hybridized carbons (Fsp3) is 0.333. The van der Waals surface area contributed by atoms with Gasteiger partial charge in [0.1, 0.15) is 5.82 Å². The molecule has 1 N–H and O–H groups in total. The maximum absolute atomic E-state index is 14.4. The average molecular weight is 352 g/mol. The van der Waals surface area contributed by atoms with Crippen molar-refractivity contribution in [1.29, 1.82) is 0 Å². The van der Waals surface area contributed by atoms with E-state index >= 15 is 0 Å². The summed E-state index contributed by atoms with van der Waals surface area (Å²) in [6.45, 7) is 1.39. The first-order valence-corrected chi connectivity index (χ1v) is 9.02. The summed E-state index contributed by atoms with van der Waals surface area (Å²) in [5.74, 6) is -1.10. The summed E-state index contributed by atoms with van der Waals surface area (Å²) in [6, 6.07) is 12.5. The van der Waals surface area contributed by atoms with Crippen LogP contribution in [0.4, 0.5) is 10.1 Å². The molecule has 1 atom stereocenters. The molecule has 1 fully saturated rings. The van der Waals surface area contributed by atoms with Gasteiger partial charge in [-0.25, -0.2) is 4.39 Å². The number of amides is 2. The highest BCUT2D eigenvalue weighted by Crippen LogP contribution is 2.42. The molecule has 0 radical (unpaired) electrons. The zero-order valence-electron chi connectivity index (χ0n) is 14.7. The molecule has 4 rings (SSSR count). The molecular weight excluding hydrogens is 331 g/mol. The largest absolute Gasteiger partial charge is 0.329 e. The molecule has 26 heavy (non-hydrogen) atoms. The highest BCUT2D eigenvalue weighted by molar-refractivity contribution is 5.97.